The van der Waals surface area contributed by atoms with Crippen LogP contribution in [-0.4, -0.2) is 16.9 Å². The summed E-state index contributed by atoms with van der Waals surface area (Å²) in [5.41, 5.74) is 20.3. The van der Waals surface area contributed by atoms with Crippen LogP contribution in [0.1, 0.15) is 98.5 Å². The van der Waals surface area contributed by atoms with Crippen LogP contribution in [0.2, 0.25) is 0 Å². The van der Waals surface area contributed by atoms with E-state index >= 15 is 0 Å². The Morgan fingerprint density at radius 3 is 2.11 bits per heavy atom. The molecule has 3 aromatic rings. The van der Waals surface area contributed by atoms with E-state index in [0.717, 1.165) is 29.5 Å². The Bertz CT molecular complexity index is 1220. The lowest BCUT2D eigenvalue weighted by atomic mass is 9.88. The number of nitrogens with two attached hydrogens (primary N) is 3. The van der Waals surface area contributed by atoms with Gasteiger partial charge >= 0.3 is 0 Å². The molecule has 0 spiro atoms. The molecule has 0 aliphatic rings. The minimum atomic E-state index is -0.719. The van der Waals surface area contributed by atoms with E-state index in [4.69, 9.17) is 17.2 Å². The van der Waals surface area contributed by atoms with Crippen LogP contribution in [0.4, 0.5) is 0 Å². The van der Waals surface area contributed by atoms with Crippen LogP contribution in [-0.2, 0) is 11.3 Å². The van der Waals surface area contributed by atoms with E-state index < -0.39 is 11.8 Å². The molecule has 0 saturated heterocycles. The van der Waals surface area contributed by atoms with Crippen molar-refractivity contribution < 1.29 is 14.7 Å². The zero-order valence-electron chi connectivity index (χ0n) is 22.0. The molecular weight excluding hydrogens is 462 g/mol. The van der Waals surface area contributed by atoms with E-state index in [1.54, 1.807) is 6.07 Å². The summed E-state index contributed by atoms with van der Waals surface area (Å²) in [4.78, 5) is 24.8. The molecule has 0 aliphatic heterocycles. The summed E-state index contributed by atoms with van der Waals surface area (Å²) in [5, 5.41) is 12.3. The molecule has 2 amide bonds. The molecule has 6 nitrogen and oxygen atoms in total. The van der Waals surface area contributed by atoms with Gasteiger partial charge in [-0.1, -0.05) is 107 Å². The van der Waals surface area contributed by atoms with E-state index in [9.17, 15) is 14.7 Å². The SMILES string of the molecule is CCCCCCCCCCCC(C(N)=O)c1ccc2c(C(N)=O)c(O)c(-c3ccccc3CN)cc2c1. The van der Waals surface area contributed by atoms with Gasteiger partial charge in [0.25, 0.3) is 5.91 Å². The first-order valence-corrected chi connectivity index (χ1v) is 13.6. The summed E-state index contributed by atoms with van der Waals surface area (Å²) in [5.74, 6) is -1.67. The maximum atomic E-state index is 12.4. The molecule has 0 aliphatic carbocycles. The number of phenols is 1. The fraction of sp³-hybridized carbons (Fsp3) is 0.419. The van der Waals surface area contributed by atoms with Crippen LogP contribution in [0.5, 0.6) is 5.75 Å². The number of amides is 2. The van der Waals surface area contributed by atoms with Gasteiger partial charge in [0.05, 0.1) is 11.5 Å². The Kier molecular flexibility index (Phi) is 10.5. The third-order valence-electron chi connectivity index (χ3n) is 7.25. The minimum Gasteiger partial charge on any atom is -0.506 e. The van der Waals surface area contributed by atoms with Gasteiger partial charge in [0.2, 0.25) is 5.91 Å². The largest absolute Gasteiger partial charge is 0.506 e. The number of hydrogen-bond acceptors (Lipinski definition) is 4. The summed E-state index contributed by atoms with van der Waals surface area (Å²) in [6.45, 7) is 2.51. The highest BCUT2D eigenvalue weighted by atomic mass is 16.3. The fourth-order valence-corrected chi connectivity index (χ4v) is 5.18. The molecular formula is C31H41N3O3. The Hall–Kier alpha value is -3.38. The van der Waals surface area contributed by atoms with Gasteiger partial charge in [0.1, 0.15) is 5.75 Å². The molecule has 0 heterocycles. The van der Waals surface area contributed by atoms with Crippen molar-refractivity contribution in [3.63, 3.8) is 0 Å². The van der Waals surface area contributed by atoms with E-state index in [-0.39, 0.29) is 23.8 Å². The Morgan fingerprint density at radius 2 is 1.49 bits per heavy atom. The van der Waals surface area contributed by atoms with Gasteiger partial charge in [0, 0.05) is 12.1 Å². The summed E-state index contributed by atoms with van der Waals surface area (Å²) in [7, 11) is 0. The van der Waals surface area contributed by atoms with Gasteiger partial charge in [-0.05, 0) is 39.9 Å². The quantitative estimate of drug-likeness (QED) is 0.182. The third-order valence-corrected chi connectivity index (χ3v) is 7.25. The third kappa shape index (κ3) is 7.10. The van der Waals surface area contributed by atoms with Crippen molar-refractivity contribution in [2.24, 2.45) is 17.2 Å². The van der Waals surface area contributed by atoms with Crippen LogP contribution in [0.15, 0.2) is 48.5 Å². The first kappa shape index (κ1) is 28.2. The molecule has 3 rings (SSSR count). The second-order valence-electron chi connectivity index (χ2n) is 9.93. The van der Waals surface area contributed by atoms with E-state index in [2.05, 4.69) is 6.92 Å². The maximum Gasteiger partial charge on any atom is 0.253 e. The van der Waals surface area contributed by atoms with E-state index in [0.29, 0.717) is 22.8 Å². The summed E-state index contributed by atoms with van der Waals surface area (Å²) < 4.78 is 0. The minimum absolute atomic E-state index is 0.0560. The van der Waals surface area contributed by atoms with Crippen molar-refractivity contribution in [2.45, 2.75) is 83.6 Å². The summed E-state index contributed by atoms with van der Waals surface area (Å²) in [6.07, 6.45) is 11.5. The average molecular weight is 504 g/mol. The highest BCUT2D eigenvalue weighted by molar-refractivity contribution is 6.11. The number of carbonyl (C=O) groups excluding carboxylic acids is 2. The molecule has 1 unspecified atom stereocenters. The number of carbonyl (C=O) groups is 2. The molecule has 37 heavy (non-hydrogen) atoms. The number of unbranched alkanes of at least 4 members (excludes halogenated alkanes) is 8. The van der Waals surface area contributed by atoms with Crippen molar-refractivity contribution in [2.75, 3.05) is 0 Å². The Labute approximate surface area is 220 Å². The van der Waals surface area contributed by atoms with Gasteiger partial charge in [-0.25, -0.2) is 0 Å². The molecule has 198 valence electrons. The predicted molar refractivity (Wildman–Crippen MR) is 151 cm³/mol. The van der Waals surface area contributed by atoms with Crippen LogP contribution in [0.25, 0.3) is 21.9 Å². The topological polar surface area (TPSA) is 132 Å². The van der Waals surface area contributed by atoms with Crippen molar-refractivity contribution in [1.82, 2.24) is 0 Å². The van der Waals surface area contributed by atoms with Crippen LogP contribution >= 0.6 is 0 Å². The van der Waals surface area contributed by atoms with Gasteiger partial charge in [-0.15, -0.1) is 0 Å². The van der Waals surface area contributed by atoms with E-state index in [1.807, 2.05) is 42.5 Å². The van der Waals surface area contributed by atoms with Gasteiger partial charge < -0.3 is 22.3 Å². The standard InChI is InChI=1S/C31H41N3O3/c1-2-3-4-5-6-7-8-9-10-15-26(30(33)36)21-16-17-25-23(18-21)19-27(29(35)28(25)31(34)37)24-14-12-11-13-22(24)20-32/h11-14,16-19,26,35H,2-10,15,20,32H2,1H3,(H2,33,36)(H2,34,37). The van der Waals surface area contributed by atoms with Crippen molar-refractivity contribution >= 4 is 22.6 Å². The zero-order valence-corrected chi connectivity index (χ0v) is 22.0. The second-order valence-corrected chi connectivity index (χ2v) is 9.93. The van der Waals surface area contributed by atoms with Gasteiger partial charge in [-0.3, -0.25) is 9.59 Å². The molecule has 0 fully saturated rings. The number of primary amides is 2. The number of benzene rings is 3. The molecule has 6 heteroatoms. The maximum absolute atomic E-state index is 12.4. The highest BCUT2D eigenvalue weighted by Gasteiger charge is 2.22. The van der Waals surface area contributed by atoms with Crippen molar-refractivity contribution in [3.8, 4) is 16.9 Å². The molecule has 7 N–H and O–H groups in total. The first-order valence-electron chi connectivity index (χ1n) is 13.6. The average Bonchev–Trinajstić information content (AvgIpc) is 2.88. The molecule has 3 aromatic carbocycles. The monoisotopic (exact) mass is 503 g/mol. The Balaban J connectivity index is 1.85. The van der Waals surface area contributed by atoms with Gasteiger partial charge in [0.15, 0.2) is 0 Å². The summed E-state index contributed by atoms with van der Waals surface area (Å²) >= 11 is 0. The smallest absolute Gasteiger partial charge is 0.253 e. The molecule has 0 radical (unpaired) electrons. The number of rotatable bonds is 15. The lowest BCUT2D eigenvalue weighted by Gasteiger charge is -2.18. The lowest BCUT2D eigenvalue weighted by Crippen LogP contribution is -2.21. The molecule has 0 saturated carbocycles. The Morgan fingerprint density at radius 1 is 0.838 bits per heavy atom. The van der Waals surface area contributed by atoms with Crippen molar-refractivity contribution in [3.05, 3.63) is 65.2 Å². The number of hydrogen-bond donors (Lipinski definition) is 4. The van der Waals surface area contributed by atoms with Crippen molar-refractivity contribution in [1.29, 1.82) is 0 Å². The lowest BCUT2D eigenvalue weighted by molar-refractivity contribution is -0.119. The van der Waals surface area contributed by atoms with Gasteiger partial charge in [-0.2, -0.15) is 0 Å². The normalized spacial score (nSPS) is 12.1. The molecule has 0 bridgehead atoms. The highest BCUT2D eigenvalue weighted by Crippen LogP contribution is 2.40. The number of fused-ring (bicyclic) bond motifs is 1. The van der Waals surface area contributed by atoms with Crippen LogP contribution < -0.4 is 17.2 Å². The summed E-state index contributed by atoms with van der Waals surface area (Å²) in [6, 6.07) is 14.7. The first-order chi connectivity index (χ1) is 17.9. The zero-order chi connectivity index (χ0) is 26.8. The molecule has 1 atom stereocenters. The second kappa shape index (κ2) is 13.8. The molecule has 0 aromatic heterocycles. The van der Waals surface area contributed by atoms with E-state index in [1.165, 1.54) is 44.9 Å². The number of aromatic hydroxyl groups is 1. The predicted octanol–water partition coefficient (Wildman–Crippen LogP) is 6.26. The fourth-order valence-electron chi connectivity index (χ4n) is 5.18. The van der Waals surface area contributed by atoms with Crippen LogP contribution in [0.3, 0.4) is 0 Å². The van der Waals surface area contributed by atoms with Crippen LogP contribution in [0, 0.1) is 0 Å².